The van der Waals surface area contributed by atoms with Crippen LogP contribution in [0.5, 0.6) is 0 Å². The Kier molecular flexibility index (Phi) is 4.99. The molecular formula is C15H24Cl2O. The number of Topliss-reactive ketones (excluding diaryl/α,β-unsaturated/α-hetero) is 1. The summed E-state index contributed by atoms with van der Waals surface area (Å²) in [6, 6.07) is 0. The van der Waals surface area contributed by atoms with E-state index in [-0.39, 0.29) is 22.6 Å². The van der Waals surface area contributed by atoms with Crippen molar-refractivity contribution in [2.75, 3.05) is 0 Å². The first-order valence-electron chi connectivity index (χ1n) is 7.34. The van der Waals surface area contributed by atoms with Crippen molar-refractivity contribution in [1.29, 1.82) is 0 Å². The van der Waals surface area contributed by atoms with Crippen molar-refractivity contribution >= 4 is 29.0 Å². The molecule has 0 N–H and O–H groups in total. The van der Waals surface area contributed by atoms with Gasteiger partial charge in [-0.3, -0.25) is 4.79 Å². The molecule has 6 atom stereocenters. The van der Waals surface area contributed by atoms with Gasteiger partial charge in [0.15, 0.2) is 0 Å². The molecule has 3 heteroatoms. The Morgan fingerprint density at radius 1 is 0.833 bits per heavy atom. The average Bonchev–Trinajstić information content (AvgIpc) is 2.28. The van der Waals surface area contributed by atoms with Gasteiger partial charge in [-0.05, 0) is 37.5 Å². The summed E-state index contributed by atoms with van der Waals surface area (Å²) in [5, 5.41) is 0.0542. The van der Waals surface area contributed by atoms with Crippen molar-refractivity contribution in [2.45, 2.75) is 63.1 Å². The van der Waals surface area contributed by atoms with Gasteiger partial charge in [0.25, 0.3) is 0 Å². The molecular weight excluding hydrogens is 267 g/mol. The highest BCUT2D eigenvalue weighted by atomic mass is 35.5. The second kappa shape index (κ2) is 6.13. The summed E-state index contributed by atoms with van der Waals surface area (Å²) < 4.78 is 0. The minimum Gasteiger partial charge on any atom is -0.299 e. The lowest BCUT2D eigenvalue weighted by atomic mass is 9.68. The second-order valence-corrected chi connectivity index (χ2v) is 7.42. The molecule has 0 aliphatic heterocycles. The molecule has 0 aromatic heterocycles. The van der Waals surface area contributed by atoms with E-state index in [0.717, 1.165) is 38.5 Å². The highest BCUT2D eigenvalue weighted by molar-refractivity contribution is 6.24. The third-order valence-electron chi connectivity index (χ3n) is 4.94. The van der Waals surface area contributed by atoms with E-state index < -0.39 is 0 Å². The molecule has 1 nitrogen and oxygen atoms in total. The SMILES string of the molecule is CC1CCCC(Cl)C1C(=O)C1C(C)CCCC1Cl. The molecule has 2 fully saturated rings. The molecule has 2 aliphatic carbocycles. The molecule has 0 spiro atoms. The van der Waals surface area contributed by atoms with Crippen molar-refractivity contribution in [2.24, 2.45) is 23.7 Å². The Labute approximate surface area is 121 Å². The smallest absolute Gasteiger partial charge is 0.142 e. The Morgan fingerprint density at radius 2 is 1.22 bits per heavy atom. The molecule has 0 heterocycles. The van der Waals surface area contributed by atoms with Crippen LogP contribution in [-0.2, 0) is 4.79 Å². The maximum Gasteiger partial charge on any atom is 0.142 e. The summed E-state index contributed by atoms with van der Waals surface area (Å²) in [6.45, 7) is 4.35. The van der Waals surface area contributed by atoms with Gasteiger partial charge in [-0.15, -0.1) is 23.2 Å². The number of carbonyl (C=O) groups is 1. The summed E-state index contributed by atoms with van der Waals surface area (Å²) >= 11 is 12.8. The summed E-state index contributed by atoms with van der Waals surface area (Å²) in [6.07, 6.45) is 6.54. The number of carbonyl (C=O) groups excluding carboxylic acids is 1. The molecule has 0 radical (unpaired) electrons. The highest BCUT2D eigenvalue weighted by Gasteiger charge is 2.43. The van der Waals surface area contributed by atoms with Crippen LogP contribution in [0.3, 0.4) is 0 Å². The Morgan fingerprint density at radius 3 is 1.56 bits per heavy atom. The van der Waals surface area contributed by atoms with E-state index in [1.54, 1.807) is 0 Å². The molecule has 0 bridgehead atoms. The Hall–Kier alpha value is 0.250. The predicted molar refractivity (Wildman–Crippen MR) is 77.3 cm³/mol. The molecule has 18 heavy (non-hydrogen) atoms. The molecule has 6 unspecified atom stereocenters. The maximum absolute atomic E-state index is 12.8. The van der Waals surface area contributed by atoms with E-state index in [4.69, 9.17) is 23.2 Å². The third kappa shape index (κ3) is 2.88. The van der Waals surface area contributed by atoms with E-state index in [9.17, 15) is 4.79 Å². The molecule has 104 valence electrons. The minimum atomic E-state index is 0.0271. The number of hydrogen-bond donors (Lipinski definition) is 0. The van der Waals surface area contributed by atoms with Crippen LogP contribution in [0.4, 0.5) is 0 Å². The van der Waals surface area contributed by atoms with E-state index in [0.29, 0.717) is 17.6 Å². The van der Waals surface area contributed by atoms with Crippen LogP contribution in [0, 0.1) is 23.7 Å². The fourth-order valence-corrected chi connectivity index (χ4v) is 4.89. The Bertz CT molecular complexity index is 257. The lowest BCUT2D eigenvalue weighted by molar-refractivity contribution is -0.131. The standard InChI is InChI=1S/C15H24Cl2O/c1-9-5-3-7-11(16)13(9)15(18)14-10(2)6-4-8-12(14)17/h9-14H,3-8H2,1-2H3. The number of alkyl halides is 2. The molecule has 0 amide bonds. The zero-order valence-corrected chi connectivity index (χ0v) is 12.9. The number of ketones is 1. The van der Waals surface area contributed by atoms with Gasteiger partial charge < -0.3 is 0 Å². The first-order chi connectivity index (χ1) is 8.52. The first-order valence-corrected chi connectivity index (χ1v) is 8.21. The lowest BCUT2D eigenvalue weighted by Crippen LogP contribution is -2.44. The lowest BCUT2D eigenvalue weighted by Gasteiger charge is -2.39. The monoisotopic (exact) mass is 290 g/mol. The van der Waals surface area contributed by atoms with Crippen molar-refractivity contribution in [3.63, 3.8) is 0 Å². The first kappa shape index (κ1) is 14.7. The summed E-state index contributed by atoms with van der Waals surface area (Å²) in [7, 11) is 0. The van der Waals surface area contributed by atoms with Crippen molar-refractivity contribution in [3.05, 3.63) is 0 Å². The maximum atomic E-state index is 12.8. The van der Waals surface area contributed by atoms with Crippen LogP contribution >= 0.6 is 23.2 Å². The molecule has 2 rings (SSSR count). The van der Waals surface area contributed by atoms with Crippen molar-refractivity contribution in [3.8, 4) is 0 Å². The molecule has 2 aliphatic rings. The van der Waals surface area contributed by atoms with Crippen LogP contribution in [0.25, 0.3) is 0 Å². The van der Waals surface area contributed by atoms with Gasteiger partial charge in [-0.25, -0.2) is 0 Å². The number of rotatable bonds is 2. The van der Waals surface area contributed by atoms with Gasteiger partial charge in [-0.2, -0.15) is 0 Å². The van der Waals surface area contributed by atoms with Gasteiger partial charge in [-0.1, -0.05) is 26.7 Å². The van der Waals surface area contributed by atoms with Crippen molar-refractivity contribution in [1.82, 2.24) is 0 Å². The summed E-state index contributed by atoms with van der Waals surface area (Å²) in [5.74, 6) is 1.27. The van der Waals surface area contributed by atoms with Gasteiger partial charge in [0, 0.05) is 22.6 Å². The number of hydrogen-bond acceptors (Lipinski definition) is 1. The minimum absolute atomic E-state index is 0.0271. The quantitative estimate of drug-likeness (QED) is 0.677. The average molecular weight is 291 g/mol. The Balaban J connectivity index is 2.13. The van der Waals surface area contributed by atoms with E-state index >= 15 is 0 Å². The fourth-order valence-electron chi connectivity index (χ4n) is 3.84. The largest absolute Gasteiger partial charge is 0.299 e. The third-order valence-corrected chi connectivity index (χ3v) is 5.92. The van der Waals surface area contributed by atoms with Gasteiger partial charge >= 0.3 is 0 Å². The van der Waals surface area contributed by atoms with E-state index in [1.807, 2.05) is 0 Å². The van der Waals surface area contributed by atoms with Gasteiger partial charge in [0.05, 0.1) is 0 Å². The zero-order chi connectivity index (χ0) is 13.3. The molecule has 0 saturated heterocycles. The number of halogens is 2. The summed E-state index contributed by atoms with van der Waals surface area (Å²) in [5.41, 5.74) is 0. The molecule has 0 aromatic carbocycles. The van der Waals surface area contributed by atoms with Crippen LogP contribution in [-0.4, -0.2) is 16.5 Å². The predicted octanol–water partition coefficient (Wildman–Crippen LogP) is 4.64. The van der Waals surface area contributed by atoms with Crippen LogP contribution in [0.15, 0.2) is 0 Å². The highest BCUT2D eigenvalue weighted by Crippen LogP contribution is 2.41. The molecule has 0 aromatic rings. The van der Waals surface area contributed by atoms with Crippen LogP contribution in [0.1, 0.15) is 52.4 Å². The topological polar surface area (TPSA) is 17.1 Å². The van der Waals surface area contributed by atoms with Crippen molar-refractivity contribution < 1.29 is 4.79 Å². The van der Waals surface area contributed by atoms with Crippen LogP contribution in [0.2, 0.25) is 0 Å². The summed E-state index contributed by atoms with van der Waals surface area (Å²) in [4.78, 5) is 12.8. The normalized spacial score (nSPS) is 45.8. The second-order valence-electron chi connectivity index (χ2n) is 6.30. The van der Waals surface area contributed by atoms with Gasteiger partial charge in [0.1, 0.15) is 5.78 Å². The van der Waals surface area contributed by atoms with E-state index in [1.165, 1.54) is 0 Å². The fraction of sp³-hybridized carbons (Fsp3) is 0.933. The van der Waals surface area contributed by atoms with E-state index in [2.05, 4.69) is 13.8 Å². The molecule has 2 saturated carbocycles. The zero-order valence-electron chi connectivity index (χ0n) is 11.4. The van der Waals surface area contributed by atoms with Crippen LogP contribution < -0.4 is 0 Å². The van der Waals surface area contributed by atoms with Gasteiger partial charge in [0.2, 0.25) is 0 Å².